The minimum atomic E-state index is -0.285. The van der Waals surface area contributed by atoms with Gasteiger partial charge in [0, 0.05) is 32.7 Å². The van der Waals surface area contributed by atoms with E-state index in [0.29, 0.717) is 13.1 Å². The molecular formula is C15H20N2O3. The average Bonchev–Trinajstić information content (AvgIpc) is 3.23. The number of phenols is 2. The Bertz CT molecular complexity index is 486. The molecule has 2 aliphatic rings. The molecule has 0 unspecified atom stereocenters. The van der Waals surface area contributed by atoms with Crippen LogP contribution in [0.2, 0.25) is 0 Å². The quantitative estimate of drug-likeness (QED) is 0.872. The van der Waals surface area contributed by atoms with Gasteiger partial charge in [0.25, 0.3) is 5.91 Å². The maximum absolute atomic E-state index is 12.4. The normalized spacial score (nSPS) is 20.1. The molecular weight excluding hydrogens is 256 g/mol. The Labute approximate surface area is 118 Å². The third-order valence-corrected chi connectivity index (χ3v) is 4.11. The van der Waals surface area contributed by atoms with E-state index in [1.807, 2.05) is 0 Å². The Hall–Kier alpha value is -1.75. The van der Waals surface area contributed by atoms with Gasteiger partial charge in [-0.3, -0.25) is 9.69 Å². The minimum absolute atomic E-state index is 0.0168. The number of hydrogen-bond acceptors (Lipinski definition) is 4. The number of hydrogen-bond donors (Lipinski definition) is 2. The first-order valence-corrected chi connectivity index (χ1v) is 7.17. The van der Waals surface area contributed by atoms with Gasteiger partial charge >= 0.3 is 0 Å². The summed E-state index contributed by atoms with van der Waals surface area (Å²) in [5.74, 6) is 0.261. The summed E-state index contributed by atoms with van der Waals surface area (Å²) < 4.78 is 0. The van der Waals surface area contributed by atoms with Gasteiger partial charge < -0.3 is 15.1 Å². The van der Waals surface area contributed by atoms with E-state index in [2.05, 4.69) is 4.90 Å². The van der Waals surface area contributed by atoms with Crippen LogP contribution in [0.3, 0.4) is 0 Å². The molecule has 1 aliphatic heterocycles. The lowest BCUT2D eigenvalue weighted by Gasteiger charge is -2.35. The predicted molar refractivity (Wildman–Crippen MR) is 74.8 cm³/mol. The van der Waals surface area contributed by atoms with Crippen molar-refractivity contribution in [1.29, 1.82) is 0 Å². The third kappa shape index (κ3) is 2.72. The van der Waals surface area contributed by atoms with Gasteiger partial charge in [0.15, 0.2) is 0 Å². The van der Waals surface area contributed by atoms with Crippen LogP contribution >= 0.6 is 0 Å². The van der Waals surface area contributed by atoms with Crippen molar-refractivity contribution in [2.45, 2.75) is 12.8 Å². The smallest absolute Gasteiger partial charge is 0.261 e. The van der Waals surface area contributed by atoms with Crippen LogP contribution in [0.25, 0.3) is 0 Å². The number of benzene rings is 1. The van der Waals surface area contributed by atoms with Gasteiger partial charge in [0.05, 0.1) is 0 Å². The predicted octanol–water partition coefficient (Wildman–Crippen LogP) is 1.27. The summed E-state index contributed by atoms with van der Waals surface area (Å²) in [5.41, 5.74) is 0.0168. The zero-order chi connectivity index (χ0) is 14.1. The van der Waals surface area contributed by atoms with E-state index in [0.717, 1.165) is 25.6 Å². The molecule has 2 N–H and O–H groups in total. The van der Waals surface area contributed by atoms with Crippen LogP contribution in [0.4, 0.5) is 0 Å². The van der Waals surface area contributed by atoms with Crippen molar-refractivity contribution in [1.82, 2.24) is 9.80 Å². The first kappa shape index (κ1) is 13.2. The zero-order valence-corrected chi connectivity index (χ0v) is 11.5. The molecule has 1 aromatic carbocycles. The summed E-state index contributed by atoms with van der Waals surface area (Å²) in [7, 11) is 0. The van der Waals surface area contributed by atoms with E-state index < -0.39 is 0 Å². The van der Waals surface area contributed by atoms with Gasteiger partial charge in [-0.1, -0.05) is 6.07 Å². The second-order valence-electron chi connectivity index (χ2n) is 5.71. The van der Waals surface area contributed by atoms with Gasteiger partial charge in [0.1, 0.15) is 17.1 Å². The first-order chi connectivity index (χ1) is 9.65. The van der Waals surface area contributed by atoms with E-state index in [1.165, 1.54) is 31.0 Å². The fourth-order valence-electron chi connectivity index (χ4n) is 2.70. The zero-order valence-electron chi connectivity index (χ0n) is 11.5. The van der Waals surface area contributed by atoms with Crippen LogP contribution in [0.5, 0.6) is 11.5 Å². The lowest BCUT2D eigenvalue weighted by Crippen LogP contribution is -2.49. The summed E-state index contributed by atoms with van der Waals surface area (Å²) >= 11 is 0. The molecule has 0 aromatic heterocycles. The Morgan fingerprint density at radius 1 is 1.10 bits per heavy atom. The van der Waals surface area contributed by atoms with Gasteiger partial charge in [0.2, 0.25) is 0 Å². The van der Waals surface area contributed by atoms with Crippen LogP contribution in [0.15, 0.2) is 18.2 Å². The highest BCUT2D eigenvalue weighted by Crippen LogP contribution is 2.31. The van der Waals surface area contributed by atoms with Crippen LogP contribution in [0.1, 0.15) is 23.2 Å². The summed E-state index contributed by atoms with van der Waals surface area (Å²) in [6.07, 6.45) is 2.68. The number of piperazine rings is 1. The molecule has 0 atom stereocenters. The van der Waals surface area contributed by atoms with Crippen molar-refractivity contribution in [3.05, 3.63) is 23.8 Å². The van der Waals surface area contributed by atoms with Crippen molar-refractivity contribution in [2.75, 3.05) is 32.7 Å². The minimum Gasteiger partial charge on any atom is -0.507 e. The Morgan fingerprint density at radius 2 is 1.70 bits per heavy atom. The second-order valence-corrected chi connectivity index (χ2v) is 5.71. The second kappa shape index (κ2) is 5.32. The molecule has 5 nitrogen and oxygen atoms in total. The highest BCUT2D eigenvalue weighted by Gasteiger charge is 2.29. The van der Waals surface area contributed by atoms with E-state index in [9.17, 15) is 15.0 Å². The largest absolute Gasteiger partial charge is 0.507 e. The molecule has 1 aromatic rings. The third-order valence-electron chi connectivity index (χ3n) is 4.11. The van der Waals surface area contributed by atoms with Crippen LogP contribution in [0, 0.1) is 5.92 Å². The first-order valence-electron chi connectivity index (χ1n) is 7.17. The van der Waals surface area contributed by atoms with Gasteiger partial charge in [-0.05, 0) is 30.9 Å². The number of carbonyl (C=O) groups excluding carboxylic acids is 1. The number of aromatic hydroxyl groups is 2. The molecule has 0 radical (unpaired) electrons. The molecule has 2 fully saturated rings. The van der Waals surface area contributed by atoms with Crippen molar-refractivity contribution in [3.8, 4) is 11.5 Å². The lowest BCUT2D eigenvalue weighted by molar-refractivity contribution is 0.0626. The maximum Gasteiger partial charge on any atom is 0.261 e. The Balaban J connectivity index is 1.63. The molecule has 1 aliphatic carbocycles. The van der Waals surface area contributed by atoms with Crippen molar-refractivity contribution < 1.29 is 15.0 Å². The standard InChI is InChI=1S/C15H20N2O3/c18-12-2-1-3-13(19)14(12)15(20)17-8-6-16(7-9-17)10-11-4-5-11/h1-3,11,18-19H,4-10H2. The summed E-state index contributed by atoms with van der Waals surface area (Å²) in [6.45, 7) is 4.19. The van der Waals surface area contributed by atoms with Gasteiger partial charge in [-0.15, -0.1) is 0 Å². The molecule has 0 bridgehead atoms. The number of rotatable bonds is 3. The van der Waals surface area contributed by atoms with E-state index >= 15 is 0 Å². The molecule has 1 heterocycles. The van der Waals surface area contributed by atoms with Gasteiger partial charge in [-0.25, -0.2) is 0 Å². The highest BCUT2D eigenvalue weighted by molar-refractivity contribution is 5.99. The van der Waals surface area contributed by atoms with Crippen molar-refractivity contribution >= 4 is 5.91 Å². The molecule has 20 heavy (non-hydrogen) atoms. The van der Waals surface area contributed by atoms with Crippen LogP contribution in [-0.4, -0.2) is 58.6 Å². The Morgan fingerprint density at radius 3 is 2.25 bits per heavy atom. The molecule has 1 amide bonds. The maximum atomic E-state index is 12.4. The summed E-state index contributed by atoms with van der Waals surface area (Å²) in [4.78, 5) is 16.5. The van der Waals surface area contributed by atoms with Crippen molar-refractivity contribution in [2.24, 2.45) is 5.92 Å². The van der Waals surface area contributed by atoms with E-state index in [-0.39, 0.29) is 23.0 Å². The number of carbonyl (C=O) groups is 1. The fourth-order valence-corrected chi connectivity index (χ4v) is 2.70. The molecule has 108 valence electrons. The summed E-state index contributed by atoms with van der Waals surface area (Å²) in [6, 6.07) is 4.38. The topological polar surface area (TPSA) is 64.0 Å². The molecule has 5 heteroatoms. The number of nitrogens with zero attached hydrogens (tertiary/aromatic N) is 2. The fraction of sp³-hybridized carbons (Fsp3) is 0.533. The molecule has 3 rings (SSSR count). The van der Waals surface area contributed by atoms with Crippen molar-refractivity contribution in [3.63, 3.8) is 0 Å². The van der Waals surface area contributed by atoms with E-state index in [4.69, 9.17) is 0 Å². The molecule has 0 spiro atoms. The monoisotopic (exact) mass is 276 g/mol. The number of phenolic OH excluding ortho intramolecular Hbond substituents is 2. The molecule has 1 saturated carbocycles. The SMILES string of the molecule is O=C(c1c(O)cccc1O)N1CCN(CC2CC2)CC1. The number of amides is 1. The van der Waals surface area contributed by atoms with Crippen LogP contribution in [-0.2, 0) is 0 Å². The average molecular weight is 276 g/mol. The Kier molecular flexibility index (Phi) is 3.53. The van der Waals surface area contributed by atoms with E-state index in [1.54, 1.807) is 4.90 Å². The lowest BCUT2D eigenvalue weighted by atomic mass is 10.1. The highest BCUT2D eigenvalue weighted by atomic mass is 16.3. The molecule has 1 saturated heterocycles. The summed E-state index contributed by atoms with van der Waals surface area (Å²) in [5, 5.41) is 19.5. The van der Waals surface area contributed by atoms with Gasteiger partial charge in [-0.2, -0.15) is 0 Å². The van der Waals surface area contributed by atoms with Crippen LogP contribution < -0.4 is 0 Å².